The van der Waals surface area contributed by atoms with Gasteiger partial charge in [-0.15, -0.1) is 0 Å². The first-order valence-corrected chi connectivity index (χ1v) is 7.98. The van der Waals surface area contributed by atoms with Crippen molar-refractivity contribution in [2.75, 3.05) is 5.75 Å². The molecule has 0 aromatic carbocycles. The Labute approximate surface area is 127 Å². The minimum Gasteiger partial charge on any atom is -0.208 e. The molecule has 0 bridgehead atoms. The minimum atomic E-state index is 1.01. The van der Waals surface area contributed by atoms with Crippen LogP contribution in [0.3, 0.4) is 0 Å². The molecule has 0 aliphatic rings. The van der Waals surface area contributed by atoms with Crippen LogP contribution in [0.5, 0.6) is 0 Å². The fourth-order valence-corrected chi connectivity index (χ4v) is 2.48. The Kier molecular flexibility index (Phi) is 6.06. The maximum atomic E-state index is 4.24. The van der Waals surface area contributed by atoms with Gasteiger partial charge in [0, 0.05) is 30.7 Å². The summed E-state index contributed by atoms with van der Waals surface area (Å²) in [6, 6.07) is 8.69. The van der Waals surface area contributed by atoms with Crippen molar-refractivity contribution in [2.45, 2.75) is 32.2 Å². The monoisotopic (exact) mass is 288 g/mol. The van der Waals surface area contributed by atoms with Crippen LogP contribution in [0.2, 0.25) is 0 Å². The van der Waals surface area contributed by atoms with Crippen LogP contribution in [-0.2, 0) is 13.6 Å². The van der Waals surface area contributed by atoms with Crippen LogP contribution in [0.1, 0.15) is 25.7 Å². The van der Waals surface area contributed by atoms with E-state index in [1.54, 1.807) is 0 Å². The summed E-state index contributed by atoms with van der Waals surface area (Å²) in [5.41, 5.74) is 2.54. The van der Waals surface area contributed by atoms with Crippen LogP contribution < -0.4 is 9.13 Å². The Morgan fingerprint density at radius 3 is 1.95 bits per heavy atom. The molecule has 0 saturated carbocycles. The van der Waals surface area contributed by atoms with Gasteiger partial charge in [0.1, 0.15) is 13.6 Å². The Balaban J connectivity index is 1.88. The first kappa shape index (κ1) is 15.0. The number of aromatic nitrogens is 2. The van der Waals surface area contributed by atoms with E-state index in [0.29, 0.717) is 0 Å². The fraction of sp³-hybridized carbons (Fsp3) is 0.412. The molecule has 106 valence electrons. The molecular formula is C17H24N2S+2. The van der Waals surface area contributed by atoms with E-state index in [9.17, 15) is 0 Å². The molecule has 2 rings (SSSR count). The molecule has 0 N–H and O–H groups in total. The van der Waals surface area contributed by atoms with Crippen molar-refractivity contribution in [1.82, 2.24) is 0 Å². The molecule has 0 fully saturated rings. The second-order valence-electron chi connectivity index (χ2n) is 5.21. The number of pyridine rings is 2. The largest absolute Gasteiger partial charge is 0.208 e. The quantitative estimate of drug-likeness (QED) is 0.455. The molecule has 0 aliphatic heterocycles. The van der Waals surface area contributed by atoms with Crippen molar-refractivity contribution < 1.29 is 9.13 Å². The zero-order chi connectivity index (χ0) is 14.2. The van der Waals surface area contributed by atoms with Crippen molar-refractivity contribution in [3.63, 3.8) is 0 Å². The molecule has 2 aromatic heterocycles. The van der Waals surface area contributed by atoms with E-state index in [2.05, 4.69) is 70.8 Å². The van der Waals surface area contributed by atoms with E-state index in [4.69, 9.17) is 0 Å². The summed E-state index contributed by atoms with van der Waals surface area (Å²) in [5.74, 6) is 1.01. The van der Waals surface area contributed by atoms with Gasteiger partial charge >= 0.3 is 0 Å². The predicted molar refractivity (Wildman–Crippen MR) is 85.6 cm³/mol. The molecule has 2 heterocycles. The van der Waals surface area contributed by atoms with Crippen LogP contribution in [0.4, 0.5) is 0 Å². The van der Waals surface area contributed by atoms with E-state index < -0.39 is 0 Å². The summed E-state index contributed by atoms with van der Waals surface area (Å²) in [4.78, 5) is 0. The summed E-state index contributed by atoms with van der Waals surface area (Å²) >= 11 is 4.24. The second-order valence-corrected chi connectivity index (χ2v) is 5.66. The predicted octanol–water partition coefficient (Wildman–Crippen LogP) is 2.96. The number of unbranched alkanes of at least 4 members (excludes halogenated alkanes) is 3. The molecule has 0 unspecified atom stereocenters. The minimum absolute atomic E-state index is 1.01. The number of rotatable bonds is 7. The lowest BCUT2D eigenvalue weighted by Crippen LogP contribution is -2.32. The van der Waals surface area contributed by atoms with Gasteiger partial charge in [0.25, 0.3) is 0 Å². The average Bonchev–Trinajstić information content (AvgIpc) is 2.49. The van der Waals surface area contributed by atoms with Gasteiger partial charge in [0.2, 0.25) is 0 Å². The van der Waals surface area contributed by atoms with Crippen molar-refractivity contribution in [3.8, 4) is 11.1 Å². The van der Waals surface area contributed by atoms with Crippen LogP contribution in [0, 0.1) is 0 Å². The van der Waals surface area contributed by atoms with Crippen LogP contribution in [-0.4, -0.2) is 5.75 Å². The lowest BCUT2D eigenvalue weighted by Gasteiger charge is -2.01. The molecule has 0 atom stereocenters. The Bertz CT molecular complexity index is 506. The van der Waals surface area contributed by atoms with Gasteiger partial charge in [0.15, 0.2) is 24.8 Å². The summed E-state index contributed by atoms with van der Waals surface area (Å²) in [5, 5.41) is 0. The van der Waals surface area contributed by atoms with Gasteiger partial charge in [-0.3, -0.25) is 0 Å². The molecule has 0 saturated heterocycles. The number of hydrogen-bond donors (Lipinski definition) is 1. The smallest absolute Gasteiger partial charge is 0.169 e. The number of aryl methyl sites for hydroxylation is 2. The van der Waals surface area contributed by atoms with Crippen molar-refractivity contribution in [3.05, 3.63) is 49.1 Å². The van der Waals surface area contributed by atoms with E-state index in [0.717, 1.165) is 12.3 Å². The third kappa shape index (κ3) is 4.64. The van der Waals surface area contributed by atoms with Crippen LogP contribution in [0.15, 0.2) is 49.1 Å². The van der Waals surface area contributed by atoms with Gasteiger partial charge in [-0.1, -0.05) is 6.42 Å². The molecule has 20 heavy (non-hydrogen) atoms. The number of hydrogen-bond acceptors (Lipinski definition) is 1. The SMILES string of the molecule is C[n+]1ccc(-c2cc[n+](CCCCCCS)cc2)cc1. The molecule has 2 aromatic rings. The molecule has 0 radical (unpaired) electrons. The zero-order valence-electron chi connectivity index (χ0n) is 12.2. The standard InChI is InChI=1S/C17H23N2S/c1-18-11-6-16(7-12-18)17-8-13-19(14-9-17)10-4-2-3-5-15-20/h6-9,11-14H,2-5,10,15H2,1H3/q+1/p+1. The molecule has 0 aliphatic carbocycles. The van der Waals surface area contributed by atoms with Crippen molar-refractivity contribution >= 4 is 12.6 Å². The third-order valence-corrected chi connectivity index (χ3v) is 3.84. The van der Waals surface area contributed by atoms with Crippen LogP contribution >= 0.6 is 12.6 Å². The fourth-order valence-electron chi connectivity index (χ4n) is 2.25. The highest BCUT2D eigenvalue weighted by Crippen LogP contribution is 2.15. The van der Waals surface area contributed by atoms with E-state index >= 15 is 0 Å². The second kappa shape index (κ2) is 8.05. The maximum absolute atomic E-state index is 4.24. The molecular weight excluding hydrogens is 264 g/mol. The zero-order valence-corrected chi connectivity index (χ0v) is 13.1. The van der Waals surface area contributed by atoms with Crippen LogP contribution in [0.25, 0.3) is 11.1 Å². The average molecular weight is 288 g/mol. The maximum Gasteiger partial charge on any atom is 0.169 e. The van der Waals surface area contributed by atoms with Gasteiger partial charge < -0.3 is 0 Å². The van der Waals surface area contributed by atoms with Gasteiger partial charge in [0.05, 0.1) is 0 Å². The number of thiol groups is 1. The third-order valence-electron chi connectivity index (χ3n) is 3.53. The molecule has 0 amide bonds. The summed E-state index contributed by atoms with van der Waals surface area (Å²) in [7, 11) is 2.04. The lowest BCUT2D eigenvalue weighted by molar-refractivity contribution is -0.697. The molecule has 2 nitrogen and oxygen atoms in total. The highest BCUT2D eigenvalue weighted by Gasteiger charge is 2.04. The van der Waals surface area contributed by atoms with E-state index in [1.165, 1.54) is 36.8 Å². The summed E-state index contributed by atoms with van der Waals surface area (Å²) in [6.07, 6.45) is 13.6. The van der Waals surface area contributed by atoms with Gasteiger partial charge in [-0.2, -0.15) is 12.6 Å². The normalized spacial score (nSPS) is 10.7. The Morgan fingerprint density at radius 2 is 1.35 bits per heavy atom. The first-order chi connectivity index (χ1) is 9.79. The highest BCUT2D eigenvalue weighted by molar-refractivity contribution is 7.80. The molecule has 0 spiro atoms. The van der Waals surface area contributed by atoms with E-state index in [-0.39, 0.29) is 0 Å². The van der Waals surface area contributed by atoms with Crippen molar-refractivity contribution in [1.29, 1.82) is 0 Å². The van der Waals surface area contributed by atoms with Gasteiger partial charge in [-0.05, 0) is 29.7 Å². The Hall–Kier alpha value is -1.35. The highest BCUT2D eigenvalue weighted by atomic mass is 32.1. The summed E-state index contributed by atoms with van der Waals surface area (Å²) < 4.78 is 4.32. The molecule has 3 heteroatoms. The summed E-state index contributed by atoms with van der Waals surface area (Å²) in [6.45, 7) is 1.11. The first-order valence-electron chi connectivity index (χ1n) is 7.35. The topological polar surface area (TPSA) is 7.76 Å². The van der Waals surface area contributed by atoms with Crippen molar-refractivity contribution in [2.24, 2.45) is 7.05 Å². The Morgan fingerprint density at radius 1 is 0.800 bits per heavy atom. The van der Waals surface area contributed by atoms with Gasteiger partial charge in [-0.25, -0.2) is 9.13 Å². The number of nitrogens with zero attached hydrogens (tertiary/aromatic N) is 2. The lowest BCUT2D eigenvalue weighted by atomic mass is 10.1. The van der Waals surface area contributed by atoms with E-state index in [1.807, 2.05) is 7.05 Å².